The molecule has 0 bridgehead atoms. The predicted molar refractivity (Wildman–Crippen MR) is 84.4 cm³/mol. The molecule has 7 heteroatoms. The van der Waals surface area contributed by atoms with Crippen molar-refractivity contribution in [1.29, 1.82) is 0 Å². The number of hydrogen-bond acceptors (Lipinski definition) is 5. The van der Waals surface area contributed by atoms with E-state index in [0.29, 0.717) is 17.5 Å². The predicted octanol–water partition coefficient (Wildman–Crippen LogP) is 2.45. The van der Waals surface area contributed by atoms with Crippen LogP contribution in [0.1, 0.15) is 27.8 Å². The second-order valence-electron chi connectivity index (χ2n) is 5.41. The Morgan fingerprint density at radius 1 is 1.35 bits per heavy atom. The first-order valence-corrected chi connectivity index (χ1v) is 7.20. The summed E-state index contributed by atoms with van der Waals surface area (Å²) < 4.78 is 10.6. The highest BCUT2D eigenvalue weighted by atomic mass is 16.5. The molecule has 0 fully saturated rings. The average Bonchev–Trinajstić information content (AvgIpc) is 3.10. The lowest BCUT2D eigenvalue weighted by molar-refractivity contribution is 0.0767. The van der Waals surface area contributed by atoms with Crippen LogP contribution < -0.4 is 4.74 Å². The van der Waals surface area contributed by atoms with Crippen molar-refractivity contribution in [3.05, 3.63) is 41.2 Å². The molecule has 1 aromatic carbocycles. The van der Waals surface area contributed by atoms with E-state index < -0.39 is 0 Å². The summed E-state index contributed by atoms with van der Waals surface area (Å²) in [6.45, 7) is 3.89. The number of amides is 1. The maximum absolute atomic E-state index is 12.7. The lowest BCUT2D eigenvalue weighted by atomic mass is 10.1. The number of nitrogens with zero attached hydrogens (tertiary/aromatic N) is 3. The first-order valence-electron chi connectivity index (χ1n) is 7.20. The zero-order valence-corrected chi connectivity index (χ0v) is 13.5. The van der Waals surface area contributed by atoms with E-state index in [0.717, 1.165) is 22.2 Å². The van der Waals surface area contributed by atoms with E-state index in [1.165, 1.54) is 0 Å². The van der Waals surface area contributed by atoms with Gasteiger partial charge in [-0.2, -0.15) is 0 Å². The van der Waals surface area contributed by atoms with Gasteiger partial charge in [-0.3, -0.25) is 4.79 Å². The SMILES string of the molecule is COc1ccc2[nH]c(C(=O)N(C)Cc3nnc(C)o3)c(C)c2c1. The first kappa shape index (κ1) is 15.1. The number of carbonyl (C=O) groups excluding carboxylic acids is 1. The van der Waals surface area contributed by atoms with Crippen LogP contribution in [0.2, 0.25) is 0 Å². The molecular weight excluding hydrogens is 296 g/mol. The maximum Gasteiger partial charge on any atom is 0.270 e. The molecule has 0 spiro atoms. The minimum Gasteiger partial charge on any atom is -0.497 e. The summed E-state index contributed by atoms with van der Waals surface area (Å²) in [6, 6.07) is 5.68. The fraction of sp³-hybridized carbons (Fsp3) is 0.312. The van der Waals surface area contributed by atoms with Crippen LogP contribution in [0, 0.1) is 13.8 Å². The Morgan fingerprint density at radius 2 is 2.13 bits per heavy atom. The van der Waals surface area contributed by atoms with E-state index in [-0.39, 0.29) is 12.5 Å². The number of fused-ring (bicyclic) bond motifs is 1. The van der Waals surface area contributed by atoms with Crippen LogP contribution in [-0.4, -0.2) is 40.1 Å². The molecule has 7 nitrogen and oxygen atoms in total. The van der Waals surface area contributed by atoms with Crippen LogP contribution in [0.25, 0.3) is 10.9 Å². The van der Waals surface area contributed by atoms with Gasteiger partial charge in [-0.25, -0.2) is 0 Å². The third-order valence-electron chi connectivity index (χ3n) is 3.77. The minimum absolute atomic E-state index is 0.131. The second-order valence-corrected chi connectivity index (χ2v) is 5.41. The standard InChI is InChI=1S/C16H18N4O3/c1-9-12-7-11(22-4)5-6-13(12)17-15(9)16(21)20(3)8-14-19-18-10(2)23-14/h5-7,17H,8H2,1-4H3. The van der Waals surface area contributed by atoms with Crippen molar-refractivity contribution in [2.45, 2.75) is 20.4 Å². The molecule has 0 saturated heterocycles. The molecule has 3 aromatic rings. The van der Waals surface area contributed by atoms with Gasteiger partial charge in [-0.15, -0.1) is 10.2 Å². The zero-order valence-electron chi connectivity index (χ0n) is 13.5. The van der Waals surface area contributed by atoms with E-state index in [2.05, 4.69) is 15.2 Å². The van der Waals surface area contributed by atoms with Crippen LogP contribution >= 0.6 is 0 Å². The number of carbonyl (C=O) groups is 1. The Balaban J connectivity index is 1.89. The Hall–Kier alpha value is -2.83. The highest BCUT2D eigenvalue weighted by Crippen LogP contribution is 2.26. The van der Waals surface area contributed by atoms with Crippen LogP contribution in [0.4, 0.5) is 0 Å². The van der Waals surface area contributed by atoms with Crippen LogP contribution in [0.15, 0.2) is 22.6 Å². The molecular formula is C16H18N4O3. The van der Waals surface area contributed by atoms with E-state index >= 15 is 0 Å². The summed E-state index contributed by atoms with van der Waals surface area (Å²) >= 11 is 0. The van der Waals surface area contributed by atoms with Crippen molar-refractivity contribution < 1.29 is 13.9 Å². The Bertz CT molecular complexity index is 865. The Labute approximate surface area is 133 Å². The number of hydrogen-bond donors (Lipinski definition) is 1. The molecule has 120 valence electrons. The first-order chi connectivity index (χ1) is 11.0. The number of nitrogens with one attached hydrogen (secondary N) is 1. The minimum atomic E-state index is -0.131. The van der Waals surface area contributed by atoms with Gasteiger partial charge >= 0.3 is 0 Å². The molecule has 1 N–H and O–H groups in total. The van der Waals surface area contributed by atoms with Crippen LogP contribution in [0.5, 0.6) is 5.75 Å². The van der Waals surface area contributed by atoms with Crippen LogP contribution in [-0.2, 0) is 6.54 Å². The number of rotatable bonds is 4. The molecule has 0 saturated carbocycles. The van der Waals surface area contributed by atoms with Gasteiger partial charge in [-0.1, -0.05) is 0 Å². The molecule has 0 atom stereocenters. The Kier molecular flexibility index (Phi) is 3.77. The zero-order chi connectivity index (χ0) is 16.6. The lowest BCUT2D eigenvalue weighted by Gasteiger charge is -2.14. The highest BCUT2D eigenvalue weighted by molar-refractivity contribution is 6.01. The monoisotopic (exact) mass is 314 g/mol. The summed E-state index contributed by atoms with van der Waals surface area (Å²) in [5, 5.41) is 8.65. The van der Waals surface area contributed by atoms with E-state index in [4.69, 9.17) is 9.15 Å². The van der Waals surface area contributed by atoms with Crippen molar-refractivity contribution in [3.63, 3.8) is 0 Å². The topological polar surface area (TPSA) is 84.3 Å². The molecule has 3 rings (SSSR count). The molecule has 0 aliphatic rings. The maximum atomic E-state index is 12.7. The summed E-state index contributed by atoms with van der Waals surface area (Å²) in [6.07, 6.45) is 0. The average molecular weight is 314 g/mol. The van der Waals surface area contributed by atoms with Gasteiger partial charge in [0.2, 0.25) is 11.8 Å². The van der Waals surface area contributed by atoms with Crippen molar-refractivity contribution in [3.8, 4) is 5.75 Å². The van der Waals surface area contributed by atoms with Gasteiger partial charge in [0, 0.05) is 24.9 Å². The van der Waals surface area contributed by atoms with Gasteiger partial charge in [0.25, 0.3) is 5.91 Å². The van der Waals surface area contributed by atoms with Gasteiger partial charge in [0.1, 0.15) is 11.4 Å². The van der Waals surface area contributed by atoms with Gasteiger partial charge in [0.05, 0.1) is 13.7 Å². The number of aromatic amines is 1. The molecule has 2 aromatic heterocycles. The van der Waals surface area contributed by atoms with E-state index in [1.807, 2.05) is 25.1 Å². The number of ether oxygens (including phenoxy) is 1. The highest BCUT2D eigenvalue weighted by Gasteiger charge is 2.20. The lowest BCUT2D eigenvalue weighted by Crippen LogP contribution is -2.27. The fourth-order valence-corrected chi connectivity index (χ4v) is 2.51. The molecule has 2 heterocycles. The quantitative estimate of drug-likeness (QED) is 0.799. The van der Waals surface area contributed by atoms with E-state index in [9.17, 15) is 4.79 Å². The van der Waals surface area contributed by atoms with Gasteiger partial charge in [0.15, 0.2) is 0 Å². The molecule has 1 amide bonds. The summed E-state index contributed by atoms with van der Waals surface area (Å²) in [4.78, 5) is 17.4. The smallest absolute Gasteiger partial charge is 0.270 e. The third kappa shape index (κ3) is 2.77. The van der Waals surface area contributed by atoms with Crippen molar-refractivity contribution in [2.75, 3.05) is 14.2 Å². The summed E-state index contributed by atoms with van der Waals surface area (Å²) in [5.41, 5.74) is 2.33. The Morgan fingerprint density at radius 3 is 2.78 bits per heavy atom. The molecule has 23 heavy (non-hydrogen) atoms. The molecule has 0 radical (unpaired) electrons. The van der Waals surface area contributed by atoms with E-state index in [1.54, 1.807) is 26.0 Å². The number of methoxy groups -OCH3 is 1. The van der Waals surface area contributed by atoms with Crippen molar-refractivity contribution >= 4 is 16.8 Å². The second kappa shape index (κ2) is 5.75. The number of aryl methyl sites for hydroxylation is 2. The normalized spacial score (nSPS) is 11.0. The number of H-pyrrole nitrogens is 1. The van der Waals surface area contributed by atoms with Gasteiger partial charge < -0.3 is 19.0 Å². The summed E-state index contributed by atoms with van der Waals surface area (Å²) in [5.74, 6) is 1.52. The van der Waals surface area contributed by atoms with Crippen LogP contribution in [0.3, 0.4) is 0 Å². The van der Waals surface area contributed by atoms with Crippen molar-refractivity contribution in [1.82, 2.24) is 20.1 Å². The molecule has 0 aliphatic carbocycles. The van der Waals surface area contributed by atoms with Gasteiger partial charge in [-0.05, 0) is 30.7 Å². The number of benzene rings is 1. The summed E-state index contributed by atoms with van der Waals surface area (Å²) in [7, 11) is 3.32. The van der Waals surface area contributed by atoms with Crippen molar-refractivity contribution in [2.24, 2.45) is 0 Å². The molecule has 0 aliphatic heterocycles. The number of aromatic nitrogens is 3. The fourth-order valence-electron chi connectivity index (χ4n) is 2.51. The molecule has 0 unspecified atom stereocenters. The third-order valence-corrected chi connectivity index (χ3v) is 3.77. The largest absolute Gasteiger partial charge is 0.497 e.